The maximum atomic E-state index is 11.3. The average Bonchev–Trinajstić information content (AvgIpc) is 2.86. The zero-order valence-corrected chi connectivity index (χ0v) is 9.92. The van der Waals surface area contributed by atoms with Gasteiger partial charge in [0.2, 0.25) is 5.91 Å². The second kappa shape index (κ2) is 4.10. The highest BCUT2D eigenvalue weighted by atomic mass is 16.1. The molecule has 94 valence electrons. The number of rotatable bonds is 1. The van der Waals surface area contributed by atoms with Crippen molar-refractivity contribution < 1.29 is 4.79 Å². The molecule has 19 heavy (non-hydrogen) atoms. The van der Waals surface area contributed by atoms with Crippen LogP contribution in [0.25, 0.3) is 5.69 Å². The fourth-order valence-corrected chi connectivity index (χ4v) is 2.06. The van der Waals surface area contributed by atoms with E-state index in [1.807, 2.05) is 12.1 Å². The first-order valence-corrected chi connectivity index (χ1v) is 5.72. The molecule has 1 aromatic heterocycles. The van der Waals surface area contributed by atoms with Crippen LogP contribution in [0.15, 0.2) is 18.5 Å². The van der Waals surface area contributed by atoms with E-state index in [2.05, 4.69) is 15.4 Å². The smallest absolute Gasteiger partial charge is 0.252 e. The Labute approximate surface area is 108 Å². The summed E-state index contributed by atoms with van der Waals surface area (Å²) in [6.07, 6.45) is 2.56. The predicted molar refractivity (Wildman–Crippen MR) is 67.4 cm³/mol. The summed E-state index contributed by atoms with van der Waals surface area (Å²) in [7, 11) is 0. The summed E-state index contributed by atoms with van der Waals surface area (Å²) >= 11 is 0. The van der Waals surface area contributed by atoms with E-state index in [-0.39, 0.29) is 11.7 Å². The van der Waals surface area contributed by atoms with E-state index in [0.717, 1.165) is 11.3 Å². The number of nitriles is 1. The lowest BCUT2D eigenvalue weighted by molar-refractivity contribution is -0.116. The minimum absolute atomic E-state index is 0.00725. The third-order valence-corrected chi connectivity index (χ3v) is 2.99. The van der Waals surface area contributed by atoms with Gasteiger partial charge in [0.25, 0.3) is 5.82 Å². The highest BCUT2D eigenvalue weighted by molar-refractivity contribution is 5.95. The number of amides is 1. The van der Waals surface area contributed by atoms with E-state index in [4.69, 9.17) is 11.0 Å². The Bertz CT molecular complexity index is 711. The molecule has 7 nitrogen and oxygen atoms in total. The summed E-state index contributed by atoms with van der Waals surface area (Å²) in [5, 5.41) is 15.5. The highest BCUT2D eigenvalue weighted by Gasteiger charge is 2.17. The molecule has 0 unspecified atom stereocenters. The molecule has 0 bridgehead atoms. The third-order valence-electron chi connectivity index (χ3n) is 2.99. The van der Waals surface area contributed by atoms with Crippen molar-refractivity contribution in [2.24, 2.45) is 0 Å². The van der Waals surface area contributed by atoms with Crippen molar-refractivity contribution >= 4 is 17.3 Å². The molecule has 2 heterocycles. The lowest BCUT2D eigenvalue weighted by Gasteiger charge is -2.18. The summed E-state index contributed by atoms with van der Waals surface area (Å²) in [6.45, 7) is 0. The fourth-order valence-electron chi connectivity index (χ4n) is 2.06. The topological polar surface area (TPSA) is 110 Å². The van der Waals surface area contributed by atoms with Crippen LogP contribution >= 0.6 is 0 Å². The molecular weight excluding hydrogens is 244 g/mol. The molecule has 0 spiro atoms. The van der Waals surface area contributed by atoms with Gasteiger partial charge in [-0.1, -0.05) is 0 Å². The number of aryl methyl sites for hydroxylation is 1. The molecule has 0 fully saturated rings. The Morgan fingerprint density at radius 3 is 3.00 bits per heavy atom. The number of aromatic nitrogens is 3. The Hall–Kier alpha value is -2.88. The van der Waals surface area contributed by atoms with Gasteiger partial charge in [0.15, 0.2) is 0 Å². The molecule has 1 amide bonds. The van der Waals surface area contributed by atoms with E-state index in [1.165, 1.54) is 11.0 Å². The lowest BCUT2D eigenvalue weighted by atomic mass is 10.0. The van der Waals surface area contributed by atoms with Crippen LogP contribution in [-0.2, 0) is 11.2 Å². The van der Waals surface area contributed by atoms with Crippen molar-refractivity contribution in [3.8, 4) is 11.8 Å². The van der Waals surface area contributed by atoms with Crippen molar-refractivity contribution in [2.75, 3.05) is 11.1 Å². The van der Waals surface area contributed by atoms with E-state index in [0.29, 0.717) is 24.2 Å². The number of nitrogens with zero attached hydrogens (tertiary/aromatic N) is 4. The molecule has 1 aliphatic heterocycles. The number of nitrogens with one attached hydrogen (secondary N) is 1. The normalized spacial score (nSPS) is 13.5. The molecule has 0 atom stereocenters. The quantitative estimate of drug-likeness (QED) is 0.724. The molecular formula is C12H10N6O. The number of carbonyl (C=O) groups is 1. The summed E-state index contributed by atoms with van der Waals surface area (Å²) in [6, 6.07) is 5.43. The van der Waals surface area contributed by atoms with Crippen LogP contribution in [0.3, 0.4) is 0 Å². The summed E-state index contributed by atoms with van der Waals surface area (Å²) < 4.78 is 1.46. The Morgan fingerprint density at radius 1 is 1.42 bits per heavy atom. The van der Waals surface area contributed by atoms with E-state index < -0.39 is 0 Å². The average molecular weight is 254 g/mol. The second-order valence-electron chi connectivity index (χ2n) is 4.24. The number of benzene rings is 1. The zero-order valence-electron chi connectivity index (χ0n) is 9.92. The molecule has 0 saturated carbocycles. The molecule has 3 rings (SSSR count). The summed E-state index contributed by atoms with van der Waals surface area (Å²) in [4.78, 5) is 15.2. The van der Waals surface area contributed by atoms with Crippen molar-refractivity contribution in [3.05, 3.63) is 29.8 Å². The number of hydrogen-bond donors (Lipinski definition) is 2. The van der Waals surface area contributed by atoms with Crippen molar-refractivity contribution in [1.82, 2.24) is 14.8 Å². The molecule has 7 heteroatoms. The second-order valence-corrected chi connectivity index (χ2v) is 4.24. The molecule has 2 aromatic rings. The maximum Gasteiger partial charge on any atom is 0.252 e. The van der Waals surface area contributed by atoms with Crippen molar-refractivity contribution in [3.63, 3.8) is 0 Å². The maximum absolute atomic E-state index is 11.3. The van der Waals surface area contributed by atoms with Crippen LogP contribution in [0, 0.1) is 11.3 Å². The number of nitrogens with two attached hydrogens (primary N) is 1. The Balaban J connectivity index is 2.08. The predicted octanol–water partition coefficient (Wildman–Crippen LogP) is 0.606. The Morgan fingerprint density at radius 2 is 2.26 bits per heavy atom. The van der Waals surface area contributed by atoms with Crippen molar-refractivity contribution in [2.45, 2.75) is 12.8 Å². The largest absolute Gasteiger partial charge is 0.397 e. The first kappa shape index (κ1) is 11.2. The highest BCUT2D eigenvalue weighted by Crippen LogP contribution is 2.29. The van der Waals surface area contributed by atoms with Gasteiger partial charge in [-0.05, 0) is 24.1 Å². The van der Waals surface area contributed by atoms with Gasteiger partial charge in [-0.2, -0.15) is 5.26 Å². The van der Waals surface area contributed by atoms with Gasteiger partial charge >= 0.3 is 0 Å². The number of carbonyl (C=O) groups excluding carboxylic acids is 1. The zero-order chi connectivity index (χ0) is 13.4. The SMILES string of the molecule is N#Cc1ncn(-c2cc3c(cc2N)NC(=O)CC3)n1. The first-order chi connectivity index (χ1) is 9.17. The summed E-state index contributed by atoms with van der Waals surface area (Å²) in [5.41, 5.74) is 8.81. The van der Waals surface area contributed by atoms with Crippen LogP contribution in [0.4, 0.5) is 11.4 Å². The molecule has 0 aliphatic carbocycles. The first-order valence-electron chi connectivity index (χ1n) is 5.72. The van der Waals surface area contributed by atoms with Crippen LogP contribution in [-0.4, -0.2) is 20.7 Å². The van der Waals surface area contributed by atoms with E-state index in [1.54, 1.807) is 6.07 Å². The summed E-state index contributed by atoms with van der Waals surface area (Å²) in [5.74, 6) is 0.0811. The number of nitrogen functional groups attached to an aromatic ring is 1. The van der Waals surface area contributed by atoms with Crippen LogP contribution < -0.4 is 11.1 Å². The van der Waals surface area contributed by atoms with Gasteiger partial charge < -0.3 is 11.1 Å². The van der Waals surface area contributed by atoms with E-state index >= 15 is 0 Å². The minimum Gasteiger partial charge on any atom is -0.397 e. The molecule has 0 saturated heterocycles. The Kier molecular flexibility index (Phi) is 2.42. The van der Waals surface area contributed by atoms with Gasteiger partial charge in [-0.15, -0.1) is 5.10 Å². The van der Waals surface area contributed by atoms with Gasteiger partial charge in [0.05, 0.1) is 11.4 Å². The lowest BCUT2D eigenvalue weighted by Crippen LogP contribution is -2.19. The minimum atomic E-state index is -0.00725. The van der Waals surface area contributed by atoms with Gasteiger partial charge in [0.1, 0.15) is 12.4 Å². The van der Waals surface area contributed by atoms with Gasteiger partial charge in [0, 0.05) is 12.1 Å². The standard InChI is InChI=1S/C12H10N6O/c13-5-11-15-6-18(17-11)10-3-7-1-2-12(19)16-9(7)4-8(10)14/h3-4,6H,1-2,14H2,(H,16,19). The monoisotopic (exact) mass is 254 g/mol. The number of anilines is 2. The molecule has 3 N–H and O–H groups in total. The number of hydrogen-bond acceptors (Lipinski definition) is 5. The van der Waals surface area contributed by atoms with Crippen LogP contribution in [0.1, 0.15) is 17.8 Å². The number of fused-ring (bicyclic) bond motifs is 1. The van der Waals surface area contributed by atoms with Crippen LogP contribution in [0.5, 0.6) is 0 Å². The van der Waals surface area contributed by atoms with Crippen LogP contribution in [0.2, 0.25) is 0 Å². The molecule has 1 aliphatic rings. The third kappa shape index (κ3) is 1.89. The fraction of sp³-hybridized carbons (Fsp3) is 0.167. The van der Waals surface area contributed by atoms with Crippen molar-refractivity contribution in [1.29, 1.82) is 5.26 Å². The van der Waals surface area contributed by atoms with Gasteiger partial charge in [-0.25, -0.2) is 9.67 Å². The molecule has 1 aromatic carbocycles. The van der Waals surface area contributed by atoms with Gasteiger partial charge in [-0.3, -0.25) is 4.79 Å². The van der Waals surface area contributed by atoms with E-state index in [9.17, 15) is 4.79 Å². The molecule has 0 radical (unpaired) electrons.